The van der Waals surface area contributed by atoms with Gasteiger partial charge in [0.2, 0.25) is 0 Å². The SMILES string of the molecule is Cc1sc2ccc(Br)cc2c1C(O)C(=O)O. The second-order valence-electron chi connectivity index (χ2n) is 3.45. The summed E-state index contributed by atoms with van der Waals surface area (Å²) >= 11 is 4.83. The lowest BCUT2D eigenvalue weighted by molar-refractivity contribution is -0.146. The first-order valence-electron chi connectivity index (χ1n) is 4.60. The Bertz CT molecular complexity index is 562. The molecule has 0 spiro atoms. The van der Waals surface area contributed by atoms with Gasteiger partial charge in [0.1, 0.15) is 0 Å². The third kappa shape index (κ3) is 1.86. The molecule has 1 unspecified atom stereocenters. The van der Waals surface area contributed by atoms with E-state index >= 15 is 0 Å². The van der Waals surface area contributed by atoms with E-state index in [1.165, 1.54) is 11.3 Å². The first-order chi connectivity index (χ1) is 7.50. The summed E-state index contributed by atoms with van der Waals surface area (Å²) in [4.78, 5) is 11.7. The predicted octanol–water partition coefficient (Wildman–Crippen LogP) is 3.09. The summed E-state index contributed by atoms with van der Waals surface area (Å²) in [7, 11) is 0. The van der Waals surface area contributed by atoms with Gasteiger partial charge in [0, 0.05) is 25.0 Å². The molecule has 5 heteroatoms. The number of rotatable bonds is 2. The van der Waals surface area contributed by atoms with E-state index in [9.17, 15) is 9.90 Å². The number of benzene rings is 1. The minimum absolute atomic E-state index is 0.494. The monoisotopic (exact) mass is 300 g/mol. The van der Waals surface area contributed by atoms with Crippen molar-refractivity contribution in [3.63, 3.8) is 0 Å². The molecule has 1 heterocycles. The number of aryl methyl sites for hydroxylation is 1. The van der Waals surface area contributed by atoms with Crippen LogP contribution in [0, 0.1) is 6.92 Å². The quantitative estimate of drug-likeness (QED) is 0.896. The molecule has 84 valence electrons. The van der Waals surface area contributed by atoms with E-state index in [0.717, 1.165) is 19.4 Å². The average Bonchev–Trinajstić information content (AvgIpc) is 2.52. The highest BCUT2D eigenvalue weighted by molar-refractivity contribution is 9.10. The number of carbonyl (C=O) groups is 1. The van der Waals surface area contributed by atoms with Crippen molar-refractivity contribution in [1.82, 2.24) is 0 Å². The van der Waals surface area contributed by atoms with E-state index in [1.807, 2.05) is 25.1 Å². The number of carboxylic acids is 1. The molecule has 16 heavy (non-hydrogen) atoms. The summed E-state index contributed by atoms with van der Waals surface area (Å²) in [5, 5.41) is 19.3. The fraction of sp³-hybridized carbons (Fsp3) is 0.182. The van der Waals surface area contributed by atoms with Gasteiger partial charge in [-0.05, 0) is 25.1 Å². The maximum Gasteiger partial charge on any atom is 0.337 e. The van der Waals surface area contributed by atoms with Gasteiger partial charge in [-0.1, -0.05) is 15.9 Å². The van der Waals surface area contributed by atoms with Crippen LogP contribution in [0.4, 0.5) is 0 Å². The van der Waals surface area contributed by atoms with E-state index in [0.29, 0.717) is 5.56 Å². The van der Waals surface area contributed by atoms with Gasteiger partial charge < -0.3 is 10.2 Å². The topological polar surface area (TPSA) is 57.5 Å². The molecule has 1 atom stereocenters. The second kappa shape index (κ2) is 4.16. The third-order valence-electron chi connectivity index (χ3n) is 2.38. The number of aliphatic hydroxyl groups is 1. The van der Waals surface area contributed by atoms with Gasteiger partial charge in [-0.3, -0.25) is 0 Å². The summed E-state index contributed by atoms with van der Waals surface area (Å²) in [5.41, 5.74) is 0.494. The van der Waals surface area contributed by atoms with Gasteiger partial charge in [0.15, 0.2) is 6.10 Å². The number of hydrogen-bond donors (Lipinski definition) is 2. The Morgan fingerprint density at radius 1 is 1.50 bits per heavy atom. The van der Waals surface area contributed by atoms with Crippen LogP contribution in [-0.4, -0.2) is 16.2 Å². The molecule has 0 fully saturated rings. The smallest absolute Gasteiger partial charge is 0.337 e. The van der Waals surface area contributed by atoms with Crippen LogP contribution in [0.1, 0.15) is 16.5 Å². The highest BCUT2D eigenvalue weighted by atomic mass is 79.9. The van der Waals surface area contributed by atoms with Crippen molar-refractivity contribution in [2.24, 2.45) is 0 Å². The van der Waals surface area contributed by atoms with Gasteiger partial charge in [-0.2, -0.15) is 0 Å². The molecule has 0 bridgehead atoms. The van der Waals surface area contributed by atoms with E-state index in [1.54, 1.807) is 0 Å². The summed E-state index contributed by atoms with van der Waals surface area (Å²) < 4.78 is 1.85. The van der Waals surface area contributed by atoms with Crippen LogP contribution in [-0.2, 0) is 4.79 Å². The number of halogens is 1. The molecular formula is C11H9BrO3S. The van der Waals surface area contributed by atoms with Crippen molar-refractivity contribution < 1.29 is 15.0 Å². The molecule has 3 nitrogen and oxygen atoms in total. The van der Waals surface area contributed by atoms with Crippen molar-refractivity contribution in [3.05, 3.63) is 33.1 Å². The predicted molar refractivity (Wildman–Crippen MR) is 66.9 cm³/mol. The van der Waals surface area contributed by atoms with E-state index < -0.39 is 12.1 Å². The fourth-order valence-corrected chi connectivity index (χ4v) is 3.11. The Hall–Kier alpha value is -0.910. The Labute approximate surface area is 104 Å². The largest absolute Gasteiger partial charge is 0.479 e. The summed E-state index contributed by atoms with van der Waals surface area (Å²) in [6.07, 6.45) is -1.46. The molecule has 0 saturated carbocycles. The van der Waals surface area contributed by atoms with E-state index in [-0.39, 0.29) is 0 Å². The first kappa shape index (κ1) is 11.6. The van der Waals surface area contributed by atoms with Crippen LogP contribution in [0.5, 0.6) is 0 Å². The standard InChI is InChI=1S/C11H9BrO3S/c1-5-9(10(13)11(14)15)7-4-6(12)2-3-8(7)16-5/h2-4,10,13H,1H3,(H,14,15). The molecule has 1 aromatic carbocycles. The second-order valence-corrected chi connectivity index (χ2v) is 5.63. The van der Waals surface area contributed by atoms with Gasteiger partial charge in [-0.15, -0.1) is 11.3 Å². The summed E-state index contributed by atoms with van der Waals surface area (Å²) in [6, 6.07) is 5.64. The molecule has 2 rings (SSSR count). The van der Waals surface area contributed by atoms with Crippen molar-refractivity contribution in [3.8, 4) is 0 Å². The van der Waals surface area contributed by atoms with Crippen LogP contribution in [0.3, 0.4) is 0 Å². The third-order valence-corrected chi connectivity index (χ3v) is 3.98. The number of hydrogen-bond acceptors (Lipinski definition) is 3. The average molecular weight is 301 g/mol. The number of thiophene rings is 1. The molecule has 0 radical (unpaired) electrons. The van der Waals surface area contributed by atoms with Gasteiger partial charge in [0.25, 0.3) is 0 Å². The van der Waals surface area contributed by atoms with Crippen molar-refractivity contribution in [2.75, 3.05) is 0 Å². The molecule has 2 N–H and O–H groups in total. The highest BCUT2D eigenvalue weighted by Gasteiger charge is 2.22. The zero-order valence-electron chi connectivity index (χ0n) is 8.40. The molecule has 0 aliphatic carbocycles. The lowest BCUT2D eigenvalue weighted by Crippen LogP contribution is -2.10. The fourth-order valence-electron chi connectivity index (χ4n) is 1.67. The van der Waals surface area contributed by atoms with Crippen LogP contribution in [0.25, 0.3) is 10.1 Å². The van der Waals surface area contributed by atoms with Crippen molar-refractivity contribution in [2.45, 2.75) is 13.0 Å². The number of fused-ring (bicyclic) bond motifs is 1. The zero-order valence-corrected chi connectivity index (χ0v) is 10.8. The molecule has 0 aliphatic heterocycles. The van der Waals surface area contributed by atoms with Crippen LogP contribution < -0.4 is 0 Å². The zero-order chi connectivity index (χ0) is 11.9. The Morgan fingerprint density at radius 2 is 2.19 bits per heavy atom. The molecule has 0 saturated heterocycles. The Morgan fingerprint density at radius 3 is 2.81 bits per heavy atom. The highest BCUT2D eigenvalue weighted by Crippen LogP contribution is 2.36. The Kier molecular flexibility index (Phi) is 3.01. The molecule has 1 aromatic heterocycles. The maximum atomic E-state index is 10.8. The van der Waals surface area contributed by atoms with Gasteiger partial charge >= 0.3 is 5.97 Å². The van der Waals surface area contributed by atoms with E-state index in [2.05, 4.69) is 15.9 Å². The molecule has 2 aromatic rings. The maximum absolute atomic E-state index is 10.8. The number of aliphatic carboxylic acids is 1. The van der Waals surface area contributed by atoms with Crippen LogP contribution >= 0.6 is 27.3 Å². The number of carboxylic acid groups (broad SMARTS) is 1. The van der Waals surface area contributed by atoms with Gasteiger partial charge in [-0.25, -0.2) is 4.79 Å². The van der Waals surface area contributed by atoms with Crippen molar-refractivity contribution >= 4 is 43.3 Å². The van der Waals surface area contributed by atoms with Crippen LogP contribution in [0.2, 0.25) is 0 Å². The minimum atomic E-state index is -1.46. The molecule has 0 aliphatic rings. The normalized spacial score (nSPS) is 12.9. The van der Waals surface area contributed by atoms with E-state index in [4.69, 9.17) is 5.11 Å². The lowest BCUT2D eigenvalue weighted by atomic mass is 10.1. The Balaban J connectivity index is 2.72. The molecular weight excluding hydrogens is 292 g/mol. The molecule has 0 amide bonds. The van der Waals surface area contributed by atoms with Gasteiger partial charge in [0.05, 0.1) is 0 Å². The lowest BCUT2D eigenvalue weighted by Gasteiger charge is -2.05. The van der Waals surface area contributed by atoms with Crippen LogP contribution in [0.15, 0.2) is 22.7 Å². The minimum Gasteiger partial charge on any atom is -0.479 e. The number of aliphatic hydroxyl groups excluding tert-OH is 1. The first-order valence-corrected chi connectivity index (χ1v) is 6.21. The summed E-state index contributed by atoms with van der Waals surface area (Å²) in [5.74, 6) is -1.22. The van der Waals surface area contributed by atoms with Crippen molar-refractivity contribution in [1.29, 1.82) is 0 Å². The summed E-state index contributed by atoms with van der Waals surface area (Å²) in [6.45, 7) is 1.82.